The normalized spacial score (nSPS) is 30.2. The Labute approximate surface area is 114 Å². The Kier molecular flexibility index (Phi) is 5.97. The van der Waals surface area contributed by atoms with E-state index in [1.54, 1.807) is 0 Å². The topological polar surface area (TPSA) is 15.3 Å². The zero-order valence-electron chi connectivity index (χ0n) is 12.5. The third-order valence-electron chi connectivity index (χ3n) is 5.10. The Bertz CT molecular complexity index is 215. The van der Waals surface area contributed by atoms with E-state index in [9.17, 15) is 0 Å². The Morgan fingerprint density at radius 2 is 1.67 bits per heavy atom. The van der Waals surface area contributed by atoms with Gasteiger partial charge in [0.05, 0.1) is 0 Å². The van der Waals surface area contributed by atoms with Crippen LogP contribution in [0.25, 0.3) is 0 Å². The van der Waals surface area contributed by atoms with Crippen LogP contribution >= 0.6 is 0 Å². The molecule has 0 amide bonds. The summed E-state index contributed by atoms with van der Waals surface area (Å²) in [5.74, 6) is 0.966. The zero-order chi connectivity index (χ0) is 12.8. The highest BCUT2D eigenvalue weighted by atomic mass is 15.2. The molecule has 2 aliphatic rings. The molecule has 0 heterocycles. The first kappa shape index (κ1) is 14.3. The molecule has 2 rings (SSSR count). The molecule has 0 aliphatic heterocycles. The number of hydrogen-bond donors (Lipinski definition) is 1. The van der Waals surface area contributed by atoms with Gasteiger partial charge >= 0.3 is 0 Å². The van der Waals surface area contributed by atoms with Crippen molar-refractivity contribution in [3.05, 3.63) is 0 Å². The van der Waals surface area contributed by atoms with E-state index in [0.29, 0.717) is 0 Å². The van der Waals surface area contributed by atoms with Crippen molar-refractivity contribution in [3.63, 3.8) is 0 Å². The quantitative estimate of drug-likeness (QED) is 0.779. The van der Waals surface area contributed by atoms with Crippen molar-refractivity contribution in [2.75, 3.05) is 19.6 Å². The minimum atomic E-state index is 0.809. The summed E-state index contributed by atoms with van der Waals surface area (Å²) < 4.78 is 0. The van der Waals surface area contributed by atoms with Crippen LogP contribution in [0.3, 0.4) is 0 Å². The van der Waals surface area contributed by atoms with Crippen LogP contribution in [-0.4, -0.2) is 36.6 Å². The first-order chi connectivity index (χ1) is 8.79. The van der Waals surface area contributed by atoms with Crippen molar-refractivity contribution in [1.82, 2.24) is 10.2 Å². The molecule has 0 atom stereocenters. The number of hydrogen-bond acceptors (Lipinski definition) is 2. The summed E-state index contributed by atoms with van der Waals surface area (Å²) in [4.78, 5) is 2.70. The maximum atomic E-state index is 3.79. The molecule has 0 aromatic carbocycles. The summed E-state index contributed by atoms with van der Waals surface area (Å²) in [5.41, 5.74) is 0. The van der Waals surface area contributed by atoms with Crippen LogP contribution in [0.5, 0.6) is 0 Å². The molecule has 2 aliphatic carbocycles. The fraction of sp³-hybridized carbons (Fsp3) is 1.00. The van der Waals surface area contributed by atoms with Gasteiger partial charge in [0, 0.05) is 25.2 Å². The SMILES string of the molecule is CCN(CCNC1CCC(C)CC1)C1CCCC1. The van der Waals surface area contributed by atoms with Gasteiger partial charge in [-0.2, -0.15) is 0 Å². The molecular weight excluding hydrogens is 220 g/mol. The molecule has 2 nitrogen and oxygen atoms in total. The van der Waals surface area contributed by atoms with Gasteiger partial charge in [0.25, 0.3) is 0 Å². The van der Waals surface area contributed by atoms with Crippen LogP contribution in [-0.2, 0) is 0 Å². The highest BCUT2D eigenvalue weighted by Gasteiger charge is 2.21. The molecular formula is C16H32N2. The molecule has 2 heteroatoms. The summed E-state index contributed by atoms with van der Waals surface area (Å²) in [7, 11) is 0. The van der Waals surface area contributed by atoms with E-state index in [2.05, 4.69) is 24.1 Å². The first-order valence-corrected chi connectivity index (χ1v) is 8.27. The second kappa shape index (κ2) is 7.49. The van der Waals surface area contributed by atoms with Crippen molar-refractivity contribution in [2.45, 2.75) is 77.3 Å². The Morgan fingerprint density at radius 1 is 1.00 bits per heavy atom. The molecule has 0 aromatic rings. The summed E-state index contributed by atoms with van der Waals surface area (Å²) in [6.45, 7) is 8.40. The number of nitrogens with zero attached hydrogens (tertiary/aromatic N) is 1. The van der Waals surface area contributed by atoms with Crippen molar-refractivity contribution < 1.29 is 0 Å². The number of nitrogens with one attached hydrogen (secondary N) is 1. The van der Waals surface area contributed by atoms with E-state index in [4.69, 9.17) is 0 Å². The molecule has 106 valence electrons. The van der Waals surface area contributed by atoms with Crippen LogP contribution in [0, 0.1) is 5.92 Å². The molecule has 0 radical (unpaired) electrons. The van der Waals surface area contributed by atoms with Gasteiger partial charge in [-0.3, -0.25) is 4.90 Å². The summed E-state index contributed by atoms with van der Waals surface area (Å²) in [5, 5.41) is 3.79. The lowest BCUT2D eigenvalue weighted by atomic mass is 9.87. The second-order valence-corrected chi connectivity index (χ2v) is 6.48. The van der Waals surface area contributed by atoms with Crippen LogP contribution < -0.4 is 5.32 Å². The van der Waals surface area contributed by atoms with Gasteiger partial charge in [0.15, 0.2) is 0 Å². The Hall–Kier alpha value is -0.0800. The monoisotopic (exact) mass is 252 g/mol. The van der Waals surface area contributed by atoms with Crippen LogP contribution in [0.1, 0.15) is 65.2 Å². The highest BCUT2D eigenvalue weighted by Crippen LogP contribution is 2.24. The van der Waals surface area contributed by atoms with E-state index in [-0.39, 0.29) is 0 Å². The number of rotatable bonds is 6. The van der Waals surface area contributed by atoms with Crippen LogP contribution in [0.4, 0.5) is 0 Å². The van der Waals surface area contributed by atoms with Crippen LogP contribution in [0.2, 0.25) is 0 Å². The highest BCUT2D eigenvalue weighted by molar-refractivity contribution is 4.79. The average molecular weight is 252 g/mol. The average Bonchev–Trinajstić information content (AvgIpc) is 2.91. The minimum Gasteiger partial charge on any atom is -0.313 e. The molecule has 0 aromatic heterocycles. The Balaban J connectivity index is 1.61. The standard InChI is InChI=1S/C16H32N2/c1-3-18(16-6-4-5-7-16)13-12-17-15-10-8-14(2)9-11-15/h14-17H,3-13H2,1-2H3. The maximum absolute atomic E-state index is 3.79. The molecule has 2 saturated carbocycles. The van der Waals surface area contributed by atoms with Crippen LogP contribution in [0.15, 0.2) is 0 Å². The van der Waals surface area contributed by atoms with Crippen molar-refractivity contribution in [3.8, 4) is 0 Å². The van der Waals surface area contributed by atoms with E-state index in [0.717, 1.165) is 18.0 Å². The van der Waals surface area contributed by atoms with Crippen molar-refractivity contribution in [2.24, 2.45) is 5.92 Å². The lowest BCUT2D eigenvalue weighted by molar-refractivity contribution is 0.201. The molecule has 2 fully saturated rings. The largest absolute Gasteiger partial charge is 0.313 e. The van der Waals surface area contributed by atoms with E-state index in [1.165, 1.54) is 71.0 Å². The van der Waals surface area contributed by atoms with Gasteiger partial charge in [-0.25, -0.2) is 0 Å². The summed E-state index contributed by atoms with van der Waals surface area (Å²) in [6, 6.07) is 1.70. The van der Waals surface area contributed by atoms with Crippen molar-refractivity contribution in [1.29, 1.82) is 0 Å². The molecule has 1 N–H and O–H groups in total. The number of likely N-dealkylation sites (N-methyl/N-ethyl adjacent to an activating group) is 1. The maximum Gasteiger partial charge on any atom is 0.0110 e. The smallest absolute Gasteiger partial charge is 0.0110 e. The van der Waals surface area contributed by atoms with Gasteiger partial charge in [-0.1, -0.05) is 26.7 Å². The predicted molar refractivity (Wildman–Crippen MR) is 78.9 cm³/mol. The Morgan fingerprint density at radius 3 is 2.28 bits per heavy atom. The third-order valence-corrected chi connectivity index (χ3v) is 5.10. The summed E-state index contributed by atoms with van der Waals surface area (Å²) >= 11 is 0. The molecule has 0 bridgehead atoms. The second-order valence-electron chi connectivity index (χ2n) is 6.48. The van der Waals surface area contributed by atoms with Gasteiger partial charge in [-0.05, 0) is 51.0 Å². The molecule has 0 spiro atoms. The molecule has 18 heavy (non-hydrogen) atoms. The summed E-state index contributed by atoms with van der Waals surface area (Å²) in [6.07, 6.45) is 11.4. The van der Waals surface area contributed by atoms with E-state index >= 15 is 0 Å². The molecule has 0 saturated heterocycles. The third kappa shape index (κ3) is 4.24. The van der Waals surface area contributed by atoms with E-state index in [1.807, 2.05) is 0 Å². The lowest BCUT2D eigenvalue weighted by Gasteiger charge is -2.30. The van der Waals surface area contributed by atoms with Crippen molar-refractivity contribution >= 4 is 0 Å². The molecule has 0 unspecified atom stereocenters. The van der Waals surface area contributed by atoms with Gasteiger partial charge in [0.1, 0.15) is 0 Å². The van der Waals surface area contributed by atoms with Gasteiger partial charge in [-0.15, -0.1) is 0 Å². The fourth-order valence-corrected chi connectivity index (χ4v) is 3.74. The fourth-order valence-electron chi connectivity index (χ4n) is 3.74. The first-order valence-electron chi connectivity index (χ1n) is 8.27. The predicted octanol–water partition coefficient (Wildman–Crippen LogP) is 3.42. The van der Waals surface area contributed by atoms with Gasteiger partial charge < -0.3 is 5.32 Å². The zero-order valence-corrected chi connectivity index (χ0v) is 12.5. The van der Waals surface area contributed by atoms with Gasteiger partial charge in [0.2, 0.25) is 0 Å². The lowest BCUT2D eigenvalue weighted by Crippen LogP contribution is -2.42. The minimum absolute atomic E-state index is 0.809. The van der Waals surface area contributed by atoms with E-state index < -0.39 is 0 Å².